The summed E-state index contributed by atoms with van der Waals surface area (Å²) in [6.45, 7) is 3.35. The van der Waals surface area contributed by atoms with Crippen molar-refractivity contribution in [2.24, 2.45) is 10.7 Å². The van der Waals surface area contributed by atoms with Gasteiger partial charge in [-0.1, -0.05) is 38.3 Å². The Balaban J connectivity index is 0.00000400. The van der Waals surface area contributed by atoms with Gasteiger partial charge in [0, 0.05) is 12.1 Å². The molecule has 0 aliphatic rings. The van der Waals surface area contributed by atoms with Gasteiger partial charge in [-0.25, -0.2) is 4.99 Å². The normalized spacial score (nSPS) is 10.9. The van der Waals surface area contributed by atoms with Gasteiger partial charge in [0.2, 0.25) is 0 Å². The van der Waals surface area contributed by atoms with Gasteiger partial charge in [-0.15, -0.1) is 24.0 Å². The zero-order chi connectivity index (χ0) is 14.8. The first-order valence-corrected chi connectivity index (χ1v) is 7.07. The molecule has 1 rings (SSSR count). The second kappa shape index (κ2) is 11.5. The molecule has 0 spiro atoms. The minimum Gasteiger partial charge on any atom is -0.504 e. The number of benzene rings is 1. The van der Waals surface area contributed by atoms with E-state index in [-0.39, 0.29) is 29.7 Å². The van der Waals surface area contributed by atoms with Gasteiger partial charge in [0.25, 0.3) is 0 Å². The minimum atomic E-state index is 0. The van der Waals surface area contributed by atoms with Gasteiger partial charge in [0.05, 0.1) is 13.7 Å². The number of rotatable bonds is 8. The quantitative estimate of drug-likeness (QED) is 0.268. The van der Waals surface area contributed by atoms with Crippen LogP contribution < -0.4 is 15.8 Å². The van der Waals surface area contributed by atoms with E-state index >= 15 is 0 Å². The van der Waals surface area contributed by atoms with E-state index in [1.54, 1.807) is 12.1 Å². The van der Waals surface area contributed by atoms with Crippen LogP contribution in [0.2, 0.25) is 0 Å². The van der Waals surface area contributed by atoms with Crippen molar-refractivity contribution in [1.29, 1.82) is 0 Å². The van der Waals surface area contributed by atoms with Crippen LogP contribution in [0.4, 0.5) is 0 Å². The Morgan fingerprint density at radius 3 is 2.76 bits per heavy atom. The molecule has 0 aromatic heterocycles. The summed E-state index contributed by atoms with van der Waals surface area (Å²) in [5, 5.41) is 13.0. The molecule has 21 heavy (non-hydrogen) atoms. The van der Waals surface area contributed by atoms with Crippen molar-refractivity contribution in [3.8, 4) is 11.5 Å². The first-order chi connectivity index (χ1) is 9.69. The predicted molar refractivity (Wildman–Crippen MR) is 97.5 cm³/mol. The van der Waals surface area contributed by atoms with Crippen LogP contribution in [0, 0.1) is 0 Å². The van der Waals surface area contributed by atoms with Crippen LogP contribution >= 0.6 is 24.0 Å². The van der Waals surface area contributed by atoms with Gasteiger partial charge in [0.1, 0.15) is 0 Å². The molecule has 1 aromatic carbocycles. The molecule has 0 unspecified atom stereocenters. The summed E-state index contributed by atoms with van der Waals surface area (Å²) in [5.41, 5.74) is 6.48. The third-order valence-electron chi connectivity index (χ3n) is 3.06. The third-order valence-corrected chi connectivity index (χ3v) is 3.06. The Hall–Kier alpha value is -1.18. The van der Waals surface area contributed by atoms with E-state index in [1.165, 1.54) is 26.4 Å². The van der Waals surface area contributed by atoms with Gasteiger partial charge in [-0.05, 0) is 12.5 Å². The molecule has 4 N–H and O–H groups in total. The lowest BCUT2D eigenvalue weighted by Gasteiger charge is -2.08. The second-order valence-corrected chi connectivity index (χ2v) is 4.66. The number of halogens is 1. The topological polar surface area (TPSA) is 79.9 Å². The average Bonchev–Trinajstić information content (AvgIpc) is 2.46. The summed E-state index contributed by atoms with van der Waals surface area (Å²) >= 11 is 0. The monoisotopic (exact) mass is 407 g/mol. The number of methoxy groups -OCH3 is 1. The molecule has 0 atom stereocenters. The Morgan fingerprint density at radius 1 is 1.33 bits per heavy atom. The SMILES string of the molecule is CCCCCCNC(N)=NCc1cccc(OC)c1O.I. The fourth-order valence-electron chi connectivity index (χ4n) is 1.85. The highest BCUT2D eigenvalue weighted by Gasteiger charge is 2.06. The molecule has 6 heteroatoms. The fraction of sp³-hybridized carbons (Fsp3) is 0.533. The van der Waals surface area contributed by atoms with Crippen molar-refractivity contribution < 1.29 is 9.84 Å². The smallest absolute Gasteiger partial charge is 0.188 e. The van der Waals surface area contributed by atoms with Gasteiger partial charge >= 0.3 is 0 Å². The highest BCUT2D eigenvalue weighted by molar-refractivity contribution is 14.0. The van der Waals surface area contributed by atoms with Gasteiger partial charge in [0.15, 0.2) is 17.5 Å². The number of hydrogen-bond acceptors (Lipinski definition) is 3. The van der Waals surface area contributed by atoms with Crippen LogP contribution in [-0.4, -0.2) is 24.7 Å². The van der Waals surface area contributed by atoms with Gasteiger partial charge < -0.3 is 20.9 Å². The van der Waals surface area contributed by atoms with Crippen molar-refractivity contribution in [1.82, 2.24) is 5.32 Å². The van der Waals surface area contributed by atoms with E-state index in [4.69, 9.17) is 10.5 Å². The molecular formula is C15H26IN3O2. The Morgan fingerprint density at radius 2 is 2.10 bits per heavy atom. The molecule has 0 fully saturated rings. The van der Waals surface area contributed by atoms with E-state index in [1.807, 2.05) is 6.07 Å². The second-order valence-electron chi connectivity index (χ2n) is 4.66. The molecule has 0 bridgehead atoms. The van der Waals surface area contributed by atoms with E-state index in [0.29, 0.717) is 23.8 Å². The molecule has 120 valence electrons. The maximum Gasteiger partial charge on any atom is 0.188 e. The molecule has 0 heterocycles. The highest BCUT2D eigenvalue weighted by atomic mass is 127. The average molecular weight is 407 g/mol. The summed E-state index contributed by atoms with van der Waals surface area (Å²) in [7, 11) is 1.52. The van der Waals surface area contributed by atoms with E-state index in [9.17, 15) is 5.11 Å². The minimum absolute atomic E-state index is 0. The van der Waals surface area contributed by atoms with Crippen molar-refractivity contribution in [2.75, 3.05) is 13.7 Å². The number of unbranched alkanes of at least 4 members (excludes halogenated alkanes) is 3. The van der Waals surface area contributed by atoms with Crippen molar-refractivity contribution in [3.05, 3.63) is 23.8 Å². The lowest BCUT2D eigenvalue weighted by atomic mass is 10.2. The Kier molecular flexibility index (Phi) is 10.8. The lowest BCUT2D eigenvalue weighted by Crippen LogP contribution is -2.32. The third kappa shape index (κ3) is 7.40. The van der Waals surface area contributed by atoms with Crippen molar-refractivity contribution >= 4 is 29.9 Å². The zero-order valence-electron chi connectivity index (χ0n) is 12.8. The van der Waals surface area contributed by atoms with E-state index < -0.39 is 0 Å². The lowest BCUT2D eigenvalue weighted by molar-refractivity contribution is 0.370. The molecular weight excluding hydrogens is 381 g/mol. The molecule has 0 saturated heterocycles. The molecule has 1 aromatic rings. The van der Waals surface area contributed by atoms with Crippen molar-refractivity contribution in [2.45, 2.75) is 39.2 Å². The first-order valence-electron chi connectivity index (χ1n) is 7.07. The molecule has 0 aliphatic heterocycles. The van der Waals surface area contributed by atoms with Crippen LogP contribution in [0.5, 0.6) is 11.5 Å². The molecule has 5 nitrogen and oxygen atoms in total. The number of para-hydroxylation sites is 1. The van der Waals surface area contributed by atoms with Crippen molar-refractivity contribution in [3.63, 3.8) is 0 Å². The number of nitrogens with zero attached hydrogens (tertiary/aromatic N) is 1. The maximum atomic E-state index is 9.92. The highest BCUT2D eigenvalue weighted by Crippen LogP contribution is 2.29. The maximum absolute atomic E-state index is 9.92. The largest absolute Gasteiger partial charge is 0.504 e. The Bertz CT molecular complexity index is 439. The summed E-state index contributed by atoms with van der Waals surface area (Å²) in [5.74, 6) is 0.974. The molecule has 0 saturated carbocycles. The number of nitrogens with one attached hydrogen (secondary N) is 1. The molecule has 0 amide bonds. The number of aliphatic imine (C=N–C) groups is 1. The number of phenolic OH excluding ortho intramolecular Hbond substituents is 1. The first kappa shape index (κ1) is 19.8. The summed E-state index contributed by atoms with van der Waals surface area (Å²) < 4.78 is 5.05. The predicted octanol–water partition coefficient (Wildman–Crippen LogP) is 3.00. The number of hydrogen-bond donors (Lipinski definition) is 3. The van der Waals surface area contributed by atoms with E-state index in [0.717, 1.165) is 13.0 Å². The van der Waals surface area contributed by atoms with Crippen LogP contribution in [0.15, 0.2) is 23.2 Å². The number of phenols is 1. The fourth-order valence-corrected chi connectivity index (χ4v) is 1.85. The van der Waals surface area contributed by atoms with Crippen LogP contribution in [-0.2, 0) is 6.54 Å². The summed E-state index contributed by atoms with van der Waals surface area (Å²) in [6.07, 6.45) is 4.76. The number of nitrogens with two attached hydrogens (primary N) is 1. The van der Waals surface area contributed by atoms with E-state index in [2.05, 4.69) is 17.2 Å². The Labute approximate surface area is 144 Å². The number of ether oxygens (including phenoxy) is 1. The number of guanidine groups is 1. The van der Waals surface area contributed by atoms with Crippen LogP contribution in [0.25, 0.3) is 0 Å². The molecule has 0 aliphatic carbocycles. The summed E-state index contributed by atoms with van der Waals surface area (Å²) in [4.78, 5) is 4.22. The summed E-state index contributed by atoms with van der Waals surface area (Å²) in [6, 6.07) is 5.32. The van der Waals surface area contributed by atoms with Gasteiger partial charge in [-0.2, -0.15) is 0 Å². The van der Waals surface area contributed by atoms with Gasteiger partial charge in [-0.3, -0.25) is 0 Å². The zero-order valence-corrected chi connectivity index (χ0v) is 15.1. The standard InChI is InChI=1S/C15H25N3O2.HI/c1-3-4-5-6-10-17-15(16)18-11-12-8-7-9-13(20-2)14(12)19;/h7-9,19H,3-6,10-11H2,1-2H3,(H3,16,17,18);1H. The van der Waals surface area contributed by atoms with Crippen LogP contribution in [0.3, 0.4) is 0 Å². The number of aromatic hydroxyl groups is 1. The van der Waals surface area contributed by atoms with Crippen LogP contribution in [0.1, 0.15) is 38.2 Å². The molecule has 0 radical (unpaired) electrons.